The lowest BCUT2D eigenvalue weighted by Crippen LogP contribution is -2.07. The highest BCUT2D eigenvalue weighted by atomic mass is 32.1. The van der Waals surface area contributed by atoms with Crippen molar-refractivity contribution >= 4 is 23.3 Å². The van der Waals surface area contributed by atoms with Crippen molar-refractivity contribution in [1.82, 2.24) is 0 Å². The highest BCUT2D eigenvalue weighted by Crippen LogP contribution is 2.29. The molecular formula is C17H18O5S. The number of hydrogen-bond donors (Lipinski definition) is 0. The number of methoxy groups -OCH3 is 1. The molecule has 0 bridgehead atoms. The third-order valence-corrected chi connectivity index (χ3v) is 5.14. The first-order valence-electron chi connectivity index (χ1n) is 7.62. The minimum atomic E-state index is -0.580. The first-order valence-corrected chi connectivity index (χ1v) is 8.44. The summed E-state index contributed by atoms with van der Waals surface area (Å²) in [4.78, 5) is 25.7. The molecule has 0 saturated carbocycles. The summed E-state index contributed by atoms with van der Waals surface area (Å²) in [5, 5.41) is 0. The highest BCUT2D eigenvalue weighted by molar-refractivity contribution is 7.14. The Morgan fingerprint density at radius 1 is 1.22 bits per heavy atom. The average molecular weight is 334 g/mol. The molecule has 0 atom stereocenters. The van der Waals surface area contributed by atoms with Gasteiger partial charge in [-0.3, -0.25) is 0 Å². The Balaban J connectivity index is 1.66. The first kappa shape index (κ1) is 15.8. The monoisotopic (exact) mass is 334 g/mol. The van der Waals surface area contributed by atoms with Gasteiger partial charge < -0.3 is 13.9 Å². The van der Waals surface area contributed by atoms with Crippen LogP contribution in [-0.2, 0) is 28.9 Å². The van der Waals surface area contributed by atoms with Crippen LogP contribution < -0.4 is 0 Å². The van der Waals surface area contributed by atoms with Gasteiger partial charge in [-0.2, -0.15) is 0 Å². The lowest BCUT2D eigenvalue weighted by molar-refractivity contribution is 0.0458. The van der Waals surface area contributed by atoms with Crippen molar-refractivity contribution in [1.29, 1.82) is 0 Å². The molecule has 5 nitrogen and oxygen atoms in total. The van der Waals surface area contributed by atoms with Crippen molar-refractivity contribution in [2.75, 3.05) is 7.11 Å². The van der Waals surface area contributed by atoms with E-state index in [-0.39, 0.29) is 18.3 Å². The van der Waals surface area contributed by atoms with Crippen LogP contribution in [0.2, 0.25) is 0 Å². The Labute approximate surface area is 138 Å². The van der Waals surface area contributed by atoms with E-state index in [0.29, 0.717) is 10.4 Å². The number of rotatable bonds is 4. The molecule has 1 aliphatic carbocycles. The van der Waals surface area contributed by atoms with Crippen LogP contribution in [-0.4, -0.2) is 19.0 Å². The van der Waals surface area contributed by atoms with Crippen molar-refractivity contribution < 1.29 is 23.5 Å². The van der Waals surface area contributed by atoms with Crippen molar-refractivity contribution in [3.05, 3.63) is 45.0 Å². The molecule has 3 rings (SSSR count). The number of furan rings is 1. The molecule has 0 fully saturated rings. The Morgan fingerprint density at radius 3 is 2.87 bits per heavy atom. The van der Waals surface area contributed by atoms with Gasteiger partial charge in [-0.05, 0) is 43.4 Å². The number of carbonyl (C=O) groups excluding carboxylic acids is 2. The zero-order valence-electron chi connectivity index (χ0n) is 12.9. The topological polar surface area (TPSA) is 65.7 Å². The molecule has 1 aliphatic rings. The fourth-order valence-corrected chi connectivity index (χ4v) is 3.85. The van der Waals surface area contributed by atoms with E-state index in [0.717, 1.165) is 12.8 Å². The van der Waals surface area contributed by atoms with E-state index in [9.17, 15) is 9.59 Å². The van der Waals surface area contributed by atoms with Gasteiger partial charge in [-0.15, -0.1) is 11.3 Å². The van der Waals surface area contributed by atoms with E-state index < -0.39 is 5.97 Å². The van der Waals surface area contributed by atoms with Gasteiger partial charge in [0.2, 0.25) is 5.76 Å². The molecule has 0 aromatic carbocycles. The Morgan fingerprint density at radius 2 is 2.04 bits per heavy atom. The SMILES string of the molecule is COC(=O)c1occc1COC(=O)c1cc2c(s1)CCCCC2. The van der Waals surface area contributed by atoms with Gasteiger partial charge in [0.25, 0.3) is 0 Å². The Hall–Kier alpha value is -2.08. The molecule has 2 heterocycles. The third kappa shape index (κ3) is 3.47. The molecule has 0 amide bonds. The second-order valence-corrected chi connectivity index (χ2v) is 6.60. The minimum absolute atomic E-state index is 0.0116. The number of thiophene rings is 1. The molecular weight excluding hydrogens is 316 g/mol. The van der Waals surface area contributed by atoms with E-state index in [2.05, 4.69) is 4.74 Å². The summed E-state index contributed by atoms with van der Waals surface area (Å²) < 4.78 is 15.0. The fraction of sp³-hybridized carbons (Fsp3) is 0.412. The van der Waals surface area contributed by atoms with Gasteiger partial charge in [0, 0.05) is 10.4 Å². The van der Waals surface area contributed by atoms with Gasteiger partial charge in [-0.1, -0.05) is 6.42 Å². The smallest absolute Gasteiger partial charge is 0.374 e. The lowest BCUT2D eigenvalue weighted by atomic mass is 10.1. The molecule has 0 unspecified atom stereocenters. The van der Waals surface area contributed by atoms with Crippen LogP contribution in [0.5, 0.6) is 0 Å². The normalized spacial score (nSPS) is 14.0. The van der Waals surface area contributed by atoms with Crippen molar-refractivity contribution in [3.63, 3.8) is 0 Å². The maximum absolute atomic E-state index is 12.2. The molecule has 0 aliphatic heterocycles. The van der Waals surface area contributed by atoms with Gasteiger partial charge in [0.05, 0.1) is 13.4 Å². The summed E-state index contributed by atoms with van der Waals surface area (Å²) >= 11 is 1.52. The molecule has 2 aromatic heterocycles. The van der Waals surface area contributed by atoms with E-state index in [1.807, 2.05) is 6.07 Å². The number of esters is 2. The average Bonchev–Trinajstić information content (AvgIpc) is 3.14. The predicted molar refractivity (Wildman–Crippen MR) is 84.7 cm³/mol. The summed E-state index contributed by atoms with van der Waals surface area (Å²) in [6, 6.07) is 3.55. The minimum Gasteiger partial charge on any atom is -0.463 e. The lowest BCUT2D eigenvalue weighted by Gasteiger charge is -2.03. The van der Waals surface area contributed by atoms with Crippen LogP contribution in [0.25, 0.3) is 0 Å². The van der Waals surface area contributed by atoms with E-state index in [4.69, 9.17) is 9.15 Å². The Kier molecular flexibility index (Phi) is 4.81. The zero-order valence-corrected chi connectivity index (χ0v) is 13.7. The van der Waals surface area contributed by atoms with Crippen molar-refractivity contribution in [2.24, 2.45) is 0 Å². The van der Waals surface area contributed by atoms with Gasteiger partial charge in [0.15, 0.2) is 0 Å². The predicted octanol–water partition coefficient (Wildman–Crippen LogP) is 3.75. The zero-order chi connectivity index (χ0) is 16.2. The van der Waals surface area contributed by atoms with Crippen molar-refractivity contribution in [2.45, 2.75) is 38.7 Å². The largest absolute Gasteiger partial charge is 0.463 e. The first-order chi connectivity index (χ1) is 11.2. The second-order valence-electron chi connectivity index (χ2n) is 5.46. The molecule has 0 spiro atoms. The molecule has 122 valence electrons. The van der Waals surface area contributed by atoms with Gasteiger partial charge in [-0.25, -0.2) is 9.59 Å². The number of carbonyl (C=O) groups is 2. The summed E-state index contributed by atoms with van der Waals surface area (Å²) in [7, 11) is 1.28. The molecule has 0 N–H and O–H groups in total. The standard InChI is InChI=1S/C17H18O5S/c1-20-17(19)15-12(7-8-21-15)10-22-16(18)14-9-11-5-3-2-4-6-13(11)23-14/h7-9H,2-6,10H2,1H3. The number of hydrogen-bond acceptors (Lipinski definition) is 6. The molecule has 6 heteroatoms. The number of ether oxygens (including phenoxy) is 2. The van der Waals surface area contributed by atoms with Crippen LogP contribution in [0, 0.1) is 0 Å². The maximum Gasteiger partial charge on any atom is 0.374 e. The van der Waals surface area contributed by atoms with E-state index in [1.165, 1.54) is 54.4 Å². The van der Waals surface area contributed by atoms with E-state index in [1.54, 1.807) is 6.07 Å². The van der Waals surface area contributed by atoms with Crippen molar-refractivity contribution in [3.8, 4) is 0 Å². The third-order valence-electron chi connectivity index (χ3n) is 3.92. The number of fused-ring (bicyclic) bond motifs is 1. The highest BCUT2D eigenvalue weighted by Gasteiger charge is 2.20. The van der Waals surface area contributed by atoms with Gasteiger partial charge in [0.1, 0.15) is 11.5 Å². The Bertz CT molecular complexity index is 689. The molecule has 23 heavy (non-hydrogen) atoms. The summed E-state index contributed by atoms with van der Waals surface area (Å²) in [5.74, 6) is -0.869. The fourth-order valence-electron chi connectivity index (χ4n) is 2.70. The summed E-state index contributed by atoms with van der Waals surface area (Å²) in [6.45, 7) is -0.0116. The van der Waals surface area contributed by atoms with Crippen LogP contribution in [0.15, 0.2) is 22.8 Å². The van der Waals surface area contributed by atoms with E-state index >= 15 is 0 Å². The van der Waals surface area contributed by atoms with Crippen LogP contribution in [0.3, 0.4) is 0 Å². The molecule has 0 saturated heterocycles. The molecule has 2 aromatic rings. The second kappa shape index (κ2) is 7.00. The maximum atomic E-state index is 12.2. The summed E-state index contributed by atoms with van der Waals surface area (Å²) in [5.41, 5.74) is 1.78. The quantitative estimate of drug-likeness (QED) is 0.629. The van der Waals surface area contributed by atoms with Crippen LogP contribution >= 0.6 is 11.3 Å². The molecule has 0 radical (unpaired) electrons. The van der Waals surface area contributed by atoms with Gasteiger partial charge >= 0.3 is 11.9 Å². The summed E-state index contributed by atoms with van der Waals surface area (Å²) in [6.07, 6.45) is 7.06. The van der Waals surface area contributed by atoms with Crippen LogP contribution in [0.1, 0.15) is 55.5 Å². The van der Waals surface area contributed by atoms with Crippen LogP contribution in [0.4, 0.5) is 0 Å². The number of aryl methyl sites for hydroxylation is 2.